The normalized spacial score (nSPS) is 25.0. The molecule has 350 valence electrons. The van der Waals surface area contributed by atoms with E-state index in [2.05, 4.69) is 75.2 Å². The van der Waals surface area contributed by atoms with Gasteiger partial charge in [-0.15, -0.1) is 0 Å². The van der Waals surface area contributed by atoms with Crippen molar-refractivity contribution in [1.82, 2.24) is 40.4 Å². The van der Waals surface area contributed by atoms with Crippen molar-refractivity contribution in [2.24, 2.45) is 29.1 Å². The third-order valence-corrected chi connectivity index (χ3v) is 16.2. The van der Waals surface area contributed by atoms with Gasteiger partial charge in [0.1, 0.15) is 23.7 Å². The molecule has 4 aliphatic carbocycles. The first-order chi connectivity index (χ1) is 32.3. The number of hydrogen-bond donors (Lipinski definition) is 4. The zero-order chi connectivity index (χ0) is 46.5. The van der Waals surface area contributed by atoms with E-state index in [0.717, 1.165) is 78.0 Å². The van der Waals surface area contributed by atoms with Gasteiger partial charge in [-0.25, -0.2) is 19.6 Å². The maximum absolute atomic E-state index is 14.1. The van der Waals surface area contributed by atoms with Gasteiger partial charge < -0.3 is 39.9 Å². The quantitative estimate of drug-likeness (QED) is 0.102. The number of aromatic amines is 2. The Balaban J connectivity index is 0.853. The number of methoxy groups -OCH3 is 2. The highest BCUT2D eigenvalue weighted by molar-refractivity contribution is 5.89. The summed E-state index contributed by atoms with van der Waals surface area (Å²) < 4.78 is 9.71. The summed E-state index contributed by atoms with van der Waals surface area (Å²) in [6.45, 7) is 7.76. The number of carbonyl (C=O) groups is 4. The molecule has 1 spiro atoms. The first-order valence-electron chi connectivity index (χ1n) is 24.5. The monoisotopic (exact) mass is 906 g/mol. The minimum Gasteiger partial charge on any atom is -0.453 e. The van der Waals surface area contributed by atoms with Crippen molar-refractivity contribution in [3.05, 3.63) is 83.6 Å². The van der Waals surface area contributed by atoms with Gasteiger partial charge in [0.25, 0.3) is 0 Å². The van der Waals surface area contributed by atoms with E-state index in [9.17, 15) is 19.2 Å². The Morgan fingerprint density at radius 1 is 0.672 bits per heavy atom. The summed E-state index contributed by atoms with van der Waals surface area (Å²) in [6.07, 6.45) is 11.5. The second kappa shape index (κ2) is 16.6. The van der Waals surface area contributed by atoms with E-state index in [1.165, 1.54) is 67.7 Å². The van der Waals surface area contributed by atoms with Crippen LogP contribution in [0.3, 0.4) is 0 Å². The fourth-order valence-electron chi connectivity index (χ4n) is 12.5. The van der Waals surface area contributed by atoms with Gasteiger partial charge in [-0.3, -0.25) is 9.59 Å². The standard InChI is InChI=1S/C53H62N8O6/c1-27(2)45(58-51(64)66-5)49(62)60-41-20-32(41)22-43(60)47-54-26-40(57-47)30-11-9-29(10-12-30)34-14-15-35(37-25-53(24-36(34)37)17-7-8-18-53)31-13-16-38-39(19-31)56-48(55-38)44-23-33-21-42(33)61(44)50(63)46(28(3)4)59-52(65)67-6/h9-16,19,26-28,32-33,41-46H,7-8,17-18,20-25H2,1-6H3,(H,54,57)(H,55,56)(H,58,64)(H,59,65). The fraction of sp³-hybridized carbons (Fsp3) is 0.509. The predicted octanol–water partition coefficient (Wildman–Crippen LogP) is 9.03. The van der Waals surface area contributed by atoms with Crippen LogP contribution >= 0.6 is 0 Å². The van der Waals surface area contributed by atoms with Crippen molar-refractivity contribution in [3.8, 4) is 33.5 Å². The van der Waals surface area contributed by atoms with Gasteiger partial charge in [-0.2, -0.15) is 0 Å². The van der Waals surface area contributed by atoms with Crippen LogP contribution < -0.4 is 10.6 Å². The van der Waals surface area contributed by atoms with Crippen LogP contribution in [0, 0.1) is 29.1 Å². The molecule has 0 bridgehead atoms. The molecule has 14 heteroatoms. The topological polar surface area (TPSA) is 175 Å². The number of H-pyrrole nitrogens is 2. The maximum Gasteiger partial charge on any atom is 0.407 e. The third-order valence-electron chi connectivity index (χ3n) is 16.2. The van der Waals surface area contributed by atoms with Crippen molar-refractivity contribution < 1.29 is 28.7 Å². The lowest BCUT2D eigenvalue weighted by molar-refractivity contribution is -0.137. The molecule has 5 aromatic rings. The minimum absolute atomic E-state index is 0.0805. The van der Waals surface area contributed by atoms with Crippen LogP contribution in [-0.2, 0) is 31.9 Å². The average molecular weight is 907 g/mol. The smallest absolute Gasteiger partial charge is 0.407 e. The van der Waals surface area contributed by atoms with Crippen molar-refractivity contribution >= 4 is 35.0 Å². The summed E-state index contributed by atoms with van der Waals surface area (Å²) in [6, 6.07) is 18.6. The lowest BCUT2D eigenvalue weighted by Crippen LogP contribution is -2.52. The maximum atomic E-state index is 14.1. The van der Waals surface area contributed by atoms with Gasteiger partial charge in [0.2, 0.25) is 11.8 Å². The van der Waals surface area contributed by atoms with Gasteiger partial charge in [0.15, 0.2) is 0 Å². The van der Waals surface area contributed by atoms with Gasteiger partial charge in [0, 0.05) is 12.1 Å². The number of hydrogen-bond acceptors (Lipinski definition) is 8. The number of ether oxygens (including phenoxy) is 2. The Morgan fingerprint density at radius 2 is 1.19 bits per heavy atom. The SMILES string of the molecule is COC(=O)NC(C(=O)N1C(c2ncc(-c3ccc(-c4ccc(-c5ccc6nc(C7CC8CC8N7C(=O)C(NC(=O)OC)C(C)C)[nH]c6c5)c5c4CC4(CCCC4)C5)cc3)[nH]2)CC2CC21)C(C)C. The number of likely N-dealkylation sites (tertiary alicyclic amines) is 2. The minimum atomic E-state index is -0.678. The predicted molar refractivity (Wildman–Crippen MR) is 253 cm³/mol. The summed E-state index contributed by atoms with van der Waals surface area (Å²) >= 11 is 0. The molecule has 4 N–H and O–H groups in total. The summed E-state index contributed by atoms with van der Waals surface area (Å²) in [5.74, 6) is 2.11. The Morgan fingerprint density at radius 3 is 1.75 bits per heavy atom. The van der Waals surface area contributed by atoms with Crippen LogP contribution in [0.25, 0.3) is 44.5 Å². The van der Waals surface area contributed by atoms with Gasteiger partial charge in [-0.1, -0.05) is 83.0 Å². The molecule has 0 radical (unpaired) electrons. The molecule has 67 heavy (non-hydrogen) atoms. The Bertz CT molecular complexity index is 2770. The number of aromatic nitrogens is 4. The molecule has 11 rings (SSSR count). The number of benzene rings is 3. The number of amides is 4. The van der Waals surface area contributed by atoms with E-state index in [1.54, 1.807) is 0 Å². The van der Waals surface area contributed by atoms with Crippen LogP contribution in [0.4, 0.5) is 9.59 Å². The molecule has 2 aromatic heterocycles. The molecule has 5 fully saturated rings. The zero-order valence-corrected chi connectivity index (χ0v) is 39.4. The summed E-state index contributed by atoms with van der Waals surface area (Å²) in [5.41, 5.74) is 11.9. The largest absolute Gasteiger partial charge is 0.453 e. The van der Waals surface area contributed by atoms with Crippen molar-refractivity contribution in [2.45, 2.75) is 128 Å². The summed E-state index contributed by atoms with van der Waals surface area (Å²) in [4.78, 5) is 73.5. The molecule has 2 aliphatic heterocycles. The summed E-state index contributed by atoms with van der Waals surface area (Å²) in [5, 5.41) is 5.55. The number of nitrogens with zero attached hydrogens (tertiary/aromatic N) is 4. The van der Waals surface area contributed by atoms with E-state index in [-0.39, 0.29) is 47.8 Å². The van der Waals surface area contributed by atoms with Crippen molar-refractivity contribution in [1.29, 1.82) is 0 Å². The molecule has 3 aromatic carbocycles. The van der Waals surface area contributed by atoms with Crippen LogP contribution in [0.1, 0.15) is 114 Å². The second-order valence-electron chi connectivity index (χ2n) is 21.1. The number of piperidine rings is 2. The van der Waals surface area contributed by atoms with Gasteiger partial charge in [0.05, 0.1) is 49.2 Å². The van der Waals surface area contributed by atoms with Gasteiger partial charge in [-0.05, 0) is 132 Å². The molecule has 8 unspecified atom stereocenters. The number of fused-ring (bicyclic) bond motifs is 4. The average Bonchev–Trinajstić information content (AvgIpc) is 3.77. The van der Waals surface area contributed by atoms with E-state index in [4.69, 9.17) is 19.4 Å². The molecule has 2 saturated heterocycles. The fourth-order valence-corrected chi connectivity index (χ4v) is 12.5. The highest BCUT2D eigenvalue weighted by Gasteiger charge is 2.57. The lowest BCUT2D eigenvalue weighted by atomic mass is 9.82. The Kier molecular flexibility index (Phi) is 10.7. The zero-order valence-electron chi connectivity index (χ0n) is 39.4. The van der Waals surface area contributed by atoms with Crippen LogP contribution in [0.15, 0.2) is 60.8 Å². The van der Waals surface area contributed by atoms with Gasteiger partial charge >= 0.3 is 12.2 Å². The van der Waals surface area contributed by atoms with Crippen LogP contribution in [0.2, 0.25) is 0 Å². The molecule has 6 aliphatic rings. The molecular weight excluding hydrogens is 845 g/mol. The van der Waals surface area contributed by atoms with E-state index in [1.807, 2.05) is 43.7 Å². The summed E-state index contributed by atoms with van der Waals surface area (Å²) in [7, 11) is 2.63. The van der Waals surface area contributed by atoms with E-state index < -0.39 is 24.3 Å². The molecule has 14 nitrogen and oxygen atoms in total. The molecule has 4 heterocycles. The van der Waals surface area contributed by atoms with Crippen LogP contribution in [-0.4, -0.2) is 92.1 Å². The Labute approximate surface area is 391 Å². The molecule has 3 saturated carbocycles. The second-order valence-corrected chi connectivity index (χ2v) is 21.1. The lowest BCUT2D eigenvalue weighted by Gasteiger charge is -2.31. The third kappa shape index (κ3) is 7.64. The Hall–Kier alpha value is -6.18. The number of alkyl carbamates (subject to hydrolysis) is 2. The molecular formula is C53H62N8O6. The number of imidazole rings is 2. The molecule has 4 amide bonds. The van der Waals surface area contributed by atoms with E-state index >= 15 is 0 Å². The first-order valence-corrected chi connectivity index (χ1v) is 24.5. The highest BCUT2D eigenvalue weighted by Crippen LogP contribution is 2.56. The van der Waals surface area contributed by atoms with Crippen LogP contribution in [0.5, 0.6) is 0 Å². The first kappa shape index (κ1) is 43.4. The number of carbonyl (C=O) groups excluding carboxylic acids is 4. The number of rotatable bonds is 11. The van der Waals surface area contributed by atoms with E-state index in [0.29, 0.717) is 17.3 Å². The molecule has 8 atom stereocenters. The van der Waals surface area contributed by atoms with Crippen molar-refractivity contribution in [3.63, 3.8) is 0 Å². The number of nitrogens with one attached hydrogen (secondary N) is 4. The van der Waals surface area contributed by atoms with Crippen molar-refractivity contribution in [2.75, 3.05) is 14.2 Å². The highest BCUT2D eigenvalue weighted by atomic mass is 16.5.